The van der Waals surface area contributed by atoms with E-state index < -0.39 is 0 Å². The van der Waals surface area contributed by atoms with Crippen molar-refractivity contribution < 1.29 is 0 Å². The Morgan fingerprint density at radius 2 is 1.22 bits per heavy atom. The van der Waals surface area contributed by atoms with Crippen molar-refractivity contribution in [2.75, 3.05) is 11.9 Å². The van der Waals surface area contributed by atoms with E-state index in [2.05, 4.69) is 148 Å². The van der Waals surface area contributed by atoms with Crippen molar-refractivity contribution in [1.29, 1.82) is 0 Å². The minimum Gasteiger partial charge on any atom is -0.363 e. The molecule has 46 heavy (non-hydrogen) atoms. The van der Waals surface area contributed by atoms with Gasteiger partial charge in [0.15, 0.2) is 0 Å². The van der Waals surface area contributed by atoms with Crippen molar-refractivity contribution in [2.24, 2.45) is 0 Å². The third-order valence-electron chi connectivity index (χ3n) is 9.01. The molecule has 0 saturated carbocycles. The Bertz CT molecular complexity index is 2300. The largest absolute Gasteiger partial charge is 0.363 e. The minimum absolute atomic E-state index is 0.286. The summed E-state index contributed by atoms with van der Waals surface area (Å²) in [5, 5.41) is 6.22. The van der Waals surface area contributed by atoms with Gasteiger partial charge < -0.3 is 4.90 Å². The van der Waals surface area contributed by atoms with E-state index in [1.54, 1.807) is 0 Å². The van der Waals surface area contributed by atoms with Crippen molar-refractivity contribution in [3.05, 3.63) is 161 Å². The summed E-state index contributed by atoms with van der Waals surface area (Å²) in [7, 11) is 2.20. The zero-order valence-electron chi connectivity index (χ0n) is 26.8. The summed E-state index contributed by atoms with van der Waals surface area (Å²) >= 11 is 0. The number of terminal acetylenes is 1. The number of anilines is 1. The highest BCUT2D eigenvalue weighted by Crippen LogP contribution is 2.40. The molecule has 0 radical (unpaired) electrons. The number of pyridine rings is 1. The fraction of sp³-hybridized carbons (Fsp3) is 0.114. The summed E-state index contributed by atoms with van der Waals surface area (Å²) < 4.78 is 0. The Labute approximate surface area is 271 Å². The minimum atomic E-state index is 0.286. The molecule has 2 heterocycles. The molecule has 0 N–H and O–H groups in total. The van der Waals surface area contributed by atoms with Crippen LogP contribution in [0.2, 0.25) is 0 Å². The maximum absolute atomic E-state index is 5.42. The summed E-state index contributed by atoms with van der Waals surface area (Å²) in [6.07, 6.45) is 9.99. The van der Waals surface area contributed by atoms with E-state index in [0.29, 0.717) is 0 Å². The summed E-state index contributed by atoms with van der Waals surface area (Å²) in [6.45, 7) is 6.41. The van der Waals surface area contributed by atoms with E-state index in [1.165, 1.54) is 55.0 Å². The van der Waals surface area contributed by atoms with Gasteiger partial charge >= 0.3 is 0 Å². The Hall–Kier alpha value is -5.65. The van der Waals surface area contributed by atoms with Crippen molar-refractivity contribution in [3.8, 4) is 23.6 Å². The lowest BCUT2D eigenvalue weighted by Gasteiger charge is -2.34. The highest BCUT2D eigenvalue weighted by molar-refractivity contribution is 6.06. The molecule has 0 amide bonds. The van der Waals surface area contributed by atoms with Crippen molar-refractivity contribution in [3.63, 3.8) is 0 Å². The number of nitrogens with zero attached hydrogens (tertiary/aromatic N) is 2. The number of rotatable bonds is 2. The highest BCUT2D eigenvalue weighted by Gasteiger charge is 2.22. The van der Waals surface area contributed by atoms with Gasteiger partial charge in [-0.3, -0.25) is 0 Å². The van der Waals surface area contributed by atoms with Crippen LogP contribution in [-0.2, 0) is 0 Å². The third kappa shape index (κ3) is 5.53. The van der Waals surface area contributed by atoms with Crippen LogP contribution in [0.1, 0.15) is 39.4 Å². The molecule has 0 aliphatic carbocycles. The second kappa shape index (κ2) is 12.0. The van der Waals surface area contributed by atoms with Gasteiger partial charge in [-0.15, -0.1) is 6.42 Å². The Kier molecular flexibility index (Phi) is 7.61. The monoisotopic (exact) mass is 592 g/mol. The Morgan fingerprint density at radius 3 is 1.93 bits per heavy atom. The van der Waals surface area contributed by atoms with Crippen LogP contribution in [0.5, 0.6) is 0 Å². The quantitative estimate of drug-likeness (QED) is 0.147. The lowest BCUT2D eigenvalue weighted by molar-refractivity contribution is 0.808. The first-order valence-corrected chi connectivity index (χ1v) is 15.8. The van der Waals surface area contributed by atoms with Gasteiger partial charge in [0.05, 0.1) is 22.9 Å². The van der Waals surface area contributed by atoms with E-state index in [1.807, 2.05) is 24.3 Å². The molecule has 8 rings (SSSR count). The number of hydrogen-bond acceptors (Lipinski definition) is 2. The molecule has 0 spiro atoms. The first-order chi connectivity index (χ1) is 22.4. The fourth-order valence-electron chi connectivity index (χ4n) is 6.44. The third-order valence-corrected chi connectivity index (χ3v) is 9.01. The van der Waals surface area contributed by atoms with Crippen LogP contribution in [-0.4, -0.2) is 12.0 Å². The average Bonchev–Trinajstić information content (AvgIpc) is 3.09. The normalized spacial score (nSPS) is 13.7. The van der Waals surface area contributed by atoms with Crippen molar-refractivity contribution >= 4 is 44.2 Å². The summed E-state index contributed by atoms with van der Waals surface area (Å²) in [5.74, 6) is 2.65. The van der Waals surface area contributed by atoms with Gasteiger partial charge in [0, 0.05) is 34.3 Å². The molecule has 2 heteroatoms. The average molecular weight is 593 g/mol. The molecule has 6 aromatic carbocycles. The van der Waals surface area contributed by atoms with Gasteiger partial charge in [-0.05, 0) is 73.0 Å². The van der Waals surface area contributed by atoms with Gasteiger partial charge in [-0.2, -0.15) is 0 Å². The summed E-state index contributed by atoms with van der Waals surface area (Å²) in [4.78, 5) is 7.32. The lowest BCUT2D eigenvalue weighted by atomic mass is 9.94. The Morgan fingerprint density at radius 1 is 0.630 bits per heavy atom. The smallest absolute Gasteiger partial charge is 0.0787 e. The van der Waals surface area contributed by atoms with Crippen LogP contribution >= 0.6 is 0 Å². The van der Waals surface area contributed by atoms with Gasteiger partial charge in [-0.25, -0.2) is 4.98 Å². The predicted molar refractivity (Wildman–Crippen MR) is 197 cm³/mol. The SMILES string of the molecule is C#Cc1ccc(-c2ccc3ccc4ccc(C)cc4c3n2)cc1.Cc1ccc(C2C=Cc3ccc4ccc(C)cc4c3N2C)cc1. The van der Waals surface area contributed by atoms with Gasteiger partial charge in [0.2, 0.25) is 0 Å². The van der Waals surface area contributed by atoms with E-state index in [0.717, 1.165) is 27.7 Å². The molecular weight excluding hydrogens is 556 g/mol. The number of likely N-dealkylation sites (N-methyl/N-ethyl adjacent to an activating group) is 1. The van der Waals surface area contributed by atoms with Crippen LogP contribution in [0.25, 0.3) is 49.8 Å². The second-order valence-electron chi connectivity index (χ2n) is 12.3. The summed E-state index contributed by atoms with van der Waals surface area (Å²) in [5.41, 5.74) is 11.8. The number of aromatic nitrogens is 1. The van der Waals surface area contributed by atoms with E-state index in [-0.39, 0.29) is 6.04 Å². The van der Waals surface area contributed by atoms with Gasteiger partial charge in [-0.1, -0.05) is 126 Å². The summed E-state index contributed by atoms with van der Waals surface area (Å²) in [6, 6.07) is 43.2. The number of fused-ring (bicyclic) bond motifs is 6. The molecular formula is C44H36N2. The topological polar surface area (TPSA) is 16.1 Å². The molecule has 2 nitrogen and oxygen atoms in total. The Balaban J connectivity index is 0.000000147. The van der Waals surface area contributed by atoms with Crippen LogP contribution in [0, 0.1) is 33.1 Å². The van der Waals surface area contributed by atoms with Crippen LogP contribution in [0.4, 0.5) is 5.69 Å². The van der Waals surface area contributed by atoms with Crippen LogP contribution < -0.4 is 4.90 Å². The fourth-order valence-corrected chi connectivity index (χ4v) is 6.44. The zero-order valence-corrected chi connectivity index (χ0v) is 26.8. The molecule has 1 aromatic heterocycles. The zero-order chi connectivity index (χ0) is 31.8. The van der Waals surface area contributed by atoms with Gasteiger partial charge in [0.1, 0.15) is 0 Å². The first-order valence-electron chi connectivity index (χ1n) is 15.8. The number of hydrogen-bond donors (Lipinski definition) is 0. The first kappa shape index (κ1) is 29.1. The van der Waals surface area contributed by atoms with E-state index >= 15 is 0 Å². The van der Waals surface area contributed by atoms with Crippen LogP contribution in [0.15, 0.2) is 127 Å². The number of benzene rings is 6. The predicted octanol–water partition coefficient (Wildman–Crippen LogP) is 11.0. The molecule has 1 aliphatic heterocycles. The van der Waals surface area contributed by atoms with Crippen molar-refractivity contribution in [1.82, 2.24) is 4.98 Å². The number of aryl methyl sites for hydroxylation is 3. The molecule has 7 aromatic rings. The van der Waals surface area contributed by atoms with Crippen molar-refractivity contribution in [2.45, 2.75) is 26.8 Å². The lowest BCUT2D eigenvalue weighted by Crippen LogP contribution is -2.25. The molecule has 1 aliphatic rings. The standard InChI is InChI=1S/C22H21N.C22H15N/c1-15-4-8-18(9-5-15)21-13-12-19-11-10-17-7-6-16(2)14-20(17)22(19)23(21)3;1-3-16-5-8-18(9-6-16)21-13-12-19-11-10-17-7-4-15(2)14-20(17)22(19)23-21/h4-14,21H,1-3H3;1,4-14H,2H3. The van der Waals surface area contributed by atoms with E-state index in [4.69, 9.17) is 11.4 Å². The maximum Gasteiger partial charge on any atom is 0.0787 e. The molecule has 0 fully saturated rings. The highest BCUT2D eigenvalue weighted by atomic mass is 15.1. The van der Waals surface area contributed by atoms with Crippen LogP contribution in [0.3, 0.4) is 0 Å². The van der Waals surface area contributed by atoms with E-state index in [9.17, 15) is 0 Å². The molecule has 1 unspecified atom stereocenters. The second-order valence-corrected chi connectivity index (χ2v) is 12.3. The molecule has 0 bridgehead atoms. The maximum atomic E-state index is 5.42. The molecule has 222 valence electrons. The van der Waals surface area contributed by atoms with Gasteiger partial charge in [0.25, 0.3) is 0 Å². The molecule has 1 atom stereocenters. The molecule has 0 saturated heterocycles.